The van der Waals surface area contributed by atoms with Crippen LogP contribution in [0.15, 0.2) is 35.1 Å². The van der Waals surface area contributed by atoms with Gasteiger partial charge >= 0.3 is 0 Å². The summed E-state index contributed by atoms with van der Waals surface area (Å²) in [6.07, 6.45) is 4.09. The number of aromatic nitrogens is 2. The van der Waals surface area contributed by atoms with Crippen LogP contribution in [0, 0.1) is 0 Å². The number of hydrogen-bond donors (Lipinski definition) is 0. The molecule has 2 aromatic heterocycles. The fourth-order valence-corrected chi connectivity index (χ4v) is 2.16. The van der Waals surface area contributed by atoms with E-state index < -0.39 is 0 Å². The van der Waals surface area contributed by atoms with Gasteiger partial charge in [-0.05, 0) is 32.4 Å². The molecule has 5 heteroatoms. The lowest BCUT2D eigenvalue weighted by Crippen LogP contribution is -2.58. The van der Waals surface area contributed by atoms with E-state index in [-0.39, 0.29) is 11.4 Å². The van der Waals surface area contributed by atoms with Gasteiger partial charge in [-0.2, -0.15) is 0 Å². The molecular formula is C14H15N3O2. The predicted octanol–water partition coefficient (Wildman–Crippen LogP) is 2.36. The number of hydrogen-bond acceptors (Lipinski definition) is 4. The van der Waals surface area contributed by atoms with Gasteiger partial charge < -0.3 is 9.32 Å². The average molecular weight is 257 g/mol. The van der Waals surface area contributed by atoms with Crippen molar-refractivity contribution >= 4 is 5.91 Å². The Morgan fingerprint density at radius 3 is 2.84 bits per heavy atom. The Labute approximate surface area is 111 Å². The van der Waals surface area contributed by atoms with Crippen molar-refractivity contribution in [2.24, 2.45) is 0 Å². The van der Waals surface area contributed by atoms with Crippen molar-refractivity contribution in [3.63, 3.8) is 0 Å². The summed E-state index contributed by atoms with van der Waals surface area (Å²) in [5, 5.41) is 0. The molecule has 0 saturated carbocycles. The van der Waals surface area contributed by atoms with Gasteiger partial charge in [0.25, 0.3) is 5.91 Å². The third-order valence-corrected chi connectivity index (χ3v) is 3.53. The second-order valence-corrected chi connectivity index (χ2v) is 5.27. The molecule has 3 heterocycles. The molecule has 1 saturated heterocycles. The molecule has 0 aliphatic carbocycles. The highest BCUT2D eigenvalue weighted by Gasteiger charge is 2.40. The zero-order chi connectivity index (χ0) is 13.5. The van der Waals surface area contributed by atoms with E-state index in [1.54, 1.807) is 12.3 Å². The summed E-state index contributed by atoms with van der Waals surface area (Å²) in [7, 11) is 0. The number of oxazole rings is 1. The first-order valence-corrected chi connectivity index (χ1v) is 6.27. The van der Waals surface area contributed by atoms with Crippen molar-refractivity contribution < 1.29 is 9.21 Å². The summed E-state index contributed by atoms with van der Waals surface area (Å²) in [6, 6.07) is 5.47. The molecule has 2 aromatic rings. The number of pyridine rings is 1. The molecule has 19 heavy (non-hydrogen) atoms. The molecule has 0 atom stereocenters. The molecule has 0 N–H and O–H groups in total. The number of likely N-dealkylation sites (tertiary alicyclic amines) is 1. The Bertz CT molecular complexity index is 604. The first-order chi connectivity index (χ1) is 9.08. The largest absolute Gasteiger partial charge is 0.442 e. The number of rotatable bonds is 2. The average Bonchev–Trinajstić information content (AvgIpc) is 2.88. The monoisotopic (exact) mass is 257 g/mol. The lowest BCUT2D eigenvalue weighted by Gasteiger charge is -2.48. The maximum atomic E-state index is 12.3. The highest BCUT2D eigenvalue weighted by atomic mass is 16.3. The summed E-state index contributed by atoms with van der Waals surface area (Å²) >= 11 is 0. The van der Waals surface area contributed by atoms with Gasteiger partial charge in [0, 0.05) is 18.3 Å². The van der Waals surface area contributed by atoms with E-state index in [0.29, 0.717) is 17.3 Å². The maximum Gasteiger partial charge on any atom is 0.276 e. The maximum absolute atomic E-state index is 12.3. The van der Waals surface area contributed by atoms with Crippen LogP contribution in [0.4, 0.5) is 0 Å². The summed E-state index contributed by atoms with van der Waals surface area (Å²) in [5.41, 5.74) is 0.888. The molecule has 0 bridgehead atoms. The number of amides is 1. The Hall–Kier alpha value is -2.17. The summed E-state index contributed by atoms with van der Waals surface area (Å²) in [4.78, 5) is 22.5. The highest BCUT2D eigenvalue weighted by molar-refractivity contribution is 5.93. The van der Waals surface area contributed by atoms with Crippen LogP contribution in [0.1, 0.15) is 30.8 Å². The van der Waals surface area contributed by atoms with Crippen molar-refractivity contribution in [2.45, 2.75) is 25.8 Å². The fourth-order valence-electron chi connectivity index (χ4n) is 2.16. The molecule has 0 spiro atoms. The number of carbonyl (C=O) groups is 1. The van der Waals surface area contributed by atoms with Gasteiger partial charge in [0.15, 0.2) is 5.69 Å². The number of carbonyl (C=O) groups excluding carboxylic acids is 1. The van der Waals surface area contributed by atoms with E-state index in [1.807, 2.05) is 30.9 Å². The molecule has 1 aliphatic rings. The van der Waals surface area contributed by atoms with Crippen molar-refractivity contribution in [3.8, 4) is 11.6 Å². The van der Waals surface area contributed by atoms with Crippen LogP contribution in [0.2, 0.25) is 0 Å². The first kappa shape index (κ1) is 11.9. The molecule has 0 unspecified atom stereocenters. The number of nitrogens with zero attached hydrogens (tertiary/aromatic N) is 3. The second kappa shape index (κ2) is 4.19. The van der Waals surface area contributed by atoms with Crippen molar-refractivity contribution in [1.29, 1.82) is 0 Å². The van der Waals surface area contributed by atoms with Crippen LogP contribution in [0.25, 0.3) is 11.6 Å². The van der Waals surface area contributed by atoms with Crippen LogP contribution in [-0.4, -0.2) is 32.9 Å². The molecule has 5 nitrogen and oxygen atoms in total. The standard InChI is InChI=1S/C14H15N3O2/c1-14(2)6-8-17(14)13(18)11-9-19-12(16-11)10-5-3-4-7-15-10/h3-5,7,9H,6,8H2,1-2H3. The van der Waals surface area contributed by atoms with Gasteiger partial charge in [-0.25, -0.2) is 4.98 Å². The SMILES string of the molecule is CC1(C)CCN1C(=O)c1coc(-c2ccccn2)n1. The molecule has 1 amide bonds. The van der Waals surface area contributed by atoms with Crippen molar-refractivity contribution in [3.05, 3.63) is 36.4 Å². The molecule has 0 aromatic carbocycles. The van der Waals surface area contributed by atoms with E-state index in [2.05, 4.69) is 9.97 Å². The zero-order valence-corrected chi connectivity index (χ0v) is 11.0. The smallest absolute Gasteiger partial charge is 0.276 e. The van der Waals surface area contributed by atoms with Crippen LogP contribution >= 0.6 is 0 Å². The third-order valence-electron chi connectivity index (χ3n) is 3.53. The highest BCUT2D eigenvalue weighted by Crippen LogP contribution is 2.31. The van der Waals surface area contributed by atoms with Crippen LogP contribution < -0.4 is 0 Å². The zero-order valence-electron chi connectivity index (χ0n) is 11.0. The minimum absolute atomic E-state index is 0.0813. The molecular weight excluding hydrogens is 242 g/mol. The Morgan fingerprint density at radius 2 is 2.26 bits per heavy atom. The minimum Gasteiger partial charge on any atom is -0.442 e. The van der Waals surface area contributed by atoms with Gasteiger partial charge in [0.2, 0.25) is 5.89 Å². The van der Waals surface area contributed by atoms with Gasteiger partial charge in [0.1, 0.15) is 12.0 Å². The third kappa shape index (κ3) is 2.01. The van der Waals surface area contributed by atoms with Gasteiger partial charge in [-0.1, -0.05) is 6.07 Å². The van der Waals surface area contributed by atoms with Crippen LogP contribution in [0.3, 0.4) is 0 Å². The summed E-state index contributed by atoms with van der Waals surface area (Å²) in [5.74, 6) is 0.296. The molecule has 1 aliphatic heterocycles. The first-order valence-electron chi connectivity index (χ1n) is 6.27. The van der Waals surface area contributed by atoms with Crippen LogP contribution in [0.5, 0.6) is 0 Å². The molecule has 98 valence electrons. The second-order valence-electron chi connectivity index (χ2n) is 5.27. The molecule has 3 rings (SSSR count). The topological polar surface area (TPSA) is 59.2 Å². The molecule has 0 radical (unpaired) electrons. The van der Waals surface area contributed by atoms with Crippen molar-refractivity contribution in [2.75, 3.05) is 6.54 Å². The summed E-state index contributed by atoms with van der Waals surface area (Å²) in [6.45, 7) is 4.87. The minimum atomic E-state index is -0.0821. The molecule has 1 fully saturated rings. The van der Waals surface area contributed by atoms with E-state index in [4.69, 9.17) is 4.42 Å². The summed E-state index contributed by atoms with van der Waals surface area (Å²) < 4.78 is 5.34. The van der Waals surface area contributed by atoms with Gasteiger partial charge in [-0.3, -0.25) is 9.78 Å². The Balaban J connectivity index is 1.84. The Kier molecular flexibility index (Phi) is 2.62. The van der Waals surface area contributed by atoms with Crippen molar-refractivity contribution in [1.82, 2.24) is 14.9 Å². The Morgan fingerprint density at radius 1 is 1.42 bits per heavy atom. The fraction of sp³-hybridized carbons (Fsp3) is 0.357. The predicted molar refractivity (Wildman–Crippen MR) is 69.5 cm³/mol. The van der Waals surface area contributed by atoms with Gasteiger partial charge in [-0.15, -0.1) is 0 Å². The van der Waals surface area contributed by atoms with E-state index in [0.717, 1.165) is 13.0 Å². The van der Waals surface area contributed by atoms with Gasteiger partial charge in [0.05, 0.1) is 0 Å². The van der Waals surface area contributed by atoms with E-state index >= 15 is 0 Å². The van der Waals surface area contributed by atoms with E-state index in [9.17, 15) is 4.79 Å². The lowest BCUT2D eigenvalue weighted by atomic mass is 9.88. The van der Waals surface area contributed by atoms with Crippen LogP contribution in [-0.2, 0) is 0 Å². The van der Waals surface area contributed by atoms with E-state index in [1.165, 1.54) is 6.26 Å². The normalized spacial score (nSPS) is 17.1. The quantitative estimate of drug-likeness (QED) is 0.828. The lowest BCUT2D eigenvalue weighted by molar-refractivity contribution is 0.0152.